The Balaban J connectivity index is 2.53. The maximum Gasteiger partial charge on any atom is 0.203 e. The molecule has 0 fully saturated rings. The minimum atomic E-state index is 0.0368. The summed E-state index contributed by atoms with van der Waals surface area (Å²) in [5.74, 6) is 1.75. The van der Waals surface area contributed by atoms with Crippen molar-refractivity contribution in [2.24, 2.45) is 0 Å². The fraction of sp³-hybridized carbons (Fsp3) is 0.429. The van der Waals surface area contributed by atoms with E-state index in [2.05, 4.69) is 0 Å². The molecule has 0 amide bonds. The Morgan fingerprint density at radius 1 is 0.556 bits per heavy atom. The highest BCUT2D eigenvalue weighted by Crippen LogP contribution is 2.44. The van der Waals surface area contributed by atoms with E-state index < -0.39 is 0 Å². The van der Waals surface area contributed by atoms with Gasteiger partial charge in [-0.15, -0.1) is 0 Å². The molecule has 6 heteroatoms. The highest BCUT2D eigenvalue weighted by molar-refractivity contribution is 5.60. The van der Waals surface area contributed by atoms with Gasteiger partial charge in [0.1, 0.15) is 0 Å². The molecule has 0 saturated carbocycles. The molecule has 0 heterocycles. The Labute approximate surface area is 160 Å². The maximum atomic E-state index is 10.1. The molecule has 2 aromatic rings. The Hall–Kier alpha value is -2.76. The summed E-state index contributed by atoms with van der Waals surface area (Å²) in [6.07, 6.45) is 0.464. The monoisotopic (exact) mass is 376 g/mol. The average molecular weight is 376 g/mol. The SMILES string of the molecule is CCOc1c(O)ccc(Cc2ccc(O)c(OCC)c2OCC)c1OCC. The second-order valence-corrected chi connectivity index (χ2v) is 5.71. The molecule has 0 bridgehead atoms. The van der Waals surface area contributed by atoms with Crippen molar-refractivity contribution >= 4 is 0 Å². The van der Waals surface area contributed by atoms with Crippen LogP contribution < -0.4 is 18.9 Å². The molecule has 0 saturated heterocycles. The summed E-state index contributed by atoms with van der Waals surface area (Å²) in [5, 5.41) is 20.3. The largest absolute Gasteiger partial charge is 0.504 e. The van der Waals surface area contributed by atoms with Gasteiger partial charge in [0.05, 0.1) is 26.4 Å². The van der Waals surface area contributed by atoms with Crippen LogP contribution in [-0.4, -0.2) is 36.6 Å². The smallest absolute Gasteiger partial charge is 0.203 e. The van der Waals surface area contributed by atoms with E-state index in [4.69, 9.17) is 18.9 Å². The van der Waals surface area contributed by atoms with Gasteiger partial charge in [0.15, 0.2) is 23.0 Å². The molecule has 0 aromatic heterocycles. The summed E-state index contributed by atoms with van der Waals surface area (Å²) in [6, 6.07) is 6.78. The lowest BCUT2D eigenvalue weighted by Gasteiger charge is -2.19. The van der Waals surface area contributed by atoms with E-state index in [-0.39, 0.29) is 11.5 Å². The summed E-state index contributed by atoms with van der Waals surface area (Å²) < 4.78 is 22.7. The first kappa shape index (κ1) is 20.6. The molecular formula is C21H28O6. The third-order valence-electron chi connectivity index (χ3n) is 3.88. The average Bonchev–Trinajstić information content (AvgIpc) is 2.65. The number of ether oxygens (including phenoxy) is 4. The summed E-state index contributed by atoms with van der Waals surface area (Å²) >= 11 is 0. The van der Waals surface area contributed by atoms with Gasteiger partial charge in [-0.05, 0) is 39.8 Å². The van der Waals surface area contributed by atoms with Gasteiger partial charge in [0.2, 0.25) is 11.5 Å². The van der Waals surface area contributed by atoms with E-state index in [1.54, 1.807) is 24.3 Å². The van der Waals surface area contributed by atoms with Crippen molar-refractivity contribution in [2.75, 3.05) is 26.4 Å². The summed E-state index contributed by atoms with van der Waals surface area (Å²) in [6.45, 7) is 9.16. The second-order valence-electron chi connectivity index (χ2n) is 5.71. The number of rotatable bonds is 10. The van der Waals surface area contributed by atoms with E-state index in [0.717, 1.165) is 11.1 Å². The molecule has 6 nitrogen and oxygen atoms in total. The van der Waals surface area contributed by atoms with Crippen molar-refractivity contribution < 1.29 is 29.2 Å². The Morgan fingerprint density at radius 3 is 1.22 bits per heavy atom. The van der Waals surface area contributed by atoms with Crippen molar-refractivity contribution in [1.29, 1.82) is 0 Å². The minimum Gasteiger partial charge on any atom is -0.504 e. The van der Waals surface area contributed by atoms with Gasteiger partial charge in [-0.1, -0.05) is 12.1 Å². The van der Waals surface area contributed by atoms with Crippen LogP contribution in [0, 0.1) is 0 Å². The van der Waals surface area contributed by atoms with Gasteiger partial charge >= 0.3 is 0 Å². The maximum absolute atomic E-state index is 10.1. The van der Waals surface area contributed by atoms with Gasteiger partial charge in [-0.2, -0.15) is 0 Å². The molecule has 27 heavy (non-hydrogen) atoms. The van der Waals surface area contributed by atoms with Gasteiger partial charge in [0.25, 0.3) is 0 Å². The zero-order valence-corrected chi connectivity index (χ0v) is 16.4. The van der Waals surface area contributed by atoms with E-state index in [9.17, 15) is 10.2 Å². The first-order chi connectivity index (χ1) is 13.1. The minimum absolute atomic E-state index is 0.0368. The molecule has 2 N–H and O–H groups in total. The lowest BCUT2D eigenvalue weighted by atomic mass is 10.0. The summed E-state index contributed by atoms with van der Waals surface area (Å²) in [7, 11) is 0. The zero-order chi connectivity index (χ0) is 19.8. The van der Waals surface area contributed by atoms with Gasteiger partial charge in [0, 0.05) is 17.5 Å². The number of aromatic hydroxyl groups is 2. The summed E-state index contributed by atoms with van der Waals surface area (Å²) in [5.41, 5.74) is 1.68. The Kier molecular flexibility index (Phi) is 7.46. The lowest BCUT2D eigenvalue weighted by molar-refractivity contribution is 0.271. The van der Waals surface area contributed by atoms with Crippen LogP contribution in [0.3, 0.4) is 0 Å². The third kappa shape index (κ3) is 4.70. The number of hydrogen-bond donors (Lipinski definition) is 2. The van der Waals surface area contributed by atoms with Crippen LogP contribution in [0.5, 0.6) is 34.5 Å². The van der Waals surface area contributed by atoms with E-state index in [0.29, 0.717) is 55.8 Å². The molecule has 0 spiro atoms. The molecule has 0 radical (unpaired) electrons. The van der Waals surface area contributed by atoms with E-state index >= 15 is 0 Å². The molecule has 0 atom stereocenters. The zero-order valence-electron chi connectivity index (χ0n) is 16.4. The standard InChI is InChI=1S/C21H28O6/c1-5-24-18-14(9-11-16(22)20(18)26-7-3)13-15-10-12-17(23)21(27-8-4)19(15)25-6-2/h9-12,22-23H,5-8,13H2,1-4H3. The predicted octanol–water partition coefficient (Wildman–Crippen LogP) is 4.28. The second kappa shape index (κ2) is 9.80. The Morgan fingerprint density at radius 2 is 0.889 bits per heavy atom. The van der Waals surface area contributed by atoms with Crippen LogP contribution in [0.4, 0.5) is 0 Å². The van der Waals surface area contributed by atoms with Crippen LogP contribution >= 0.6 is 0 Å². The van der Waals surface area contributed by atoms with Crippen LogP contribution in [0.1, 0.15) is 38.8 Å². The molecular weight excluding hydrogens is 348 g/mol. The Bertz CT molecular complexity index is 693. The molecule has 0 aliphatic rings. The summed E-state index contributed by atoms with van der Waals surface area (Å²) in [4.78, 5) is 0. The van der Waals surface area contributed by atoms with Gasteiger partial charge in [-0.3, -0.25) is 0 Å². The van der Waals surface area contributed by atoms with E-state index in [1.165, 1.54) is 0 Å². The fourth-order valence-corrected chi connectivity index (χ4v) is 2.84. The number of hydrogen-bond acceptors (Lipinski definition) is 6. The molecule has 0 aliphatic carbocycles. The molecule has 148 valence electrons. The number of phenolic OH excluding ortho intramolecular Hbond substituents is 2. The predicted molar refractivity (Wildman–Crippen MR) is 104 cm³/mol. The number of benzene rings is 2. The highest BCUT2D eigenvalue weighted by Gasteiger charge is 2.20. The normalized spacial score (nSPS) is 10.5. The van der Waals surface area contributed by atoms with Crippen LogP contribution in [0.15, 0.2) is 24.3 Å². The number of phenols is 2. The first-order valence-corrected chi connectivity index (χ1v) is 9.28. The van der Waals surface area contributed by atoms with Crippen molar-refractivity contribution in [3.8, 4) is 34.5 Å². The van der Waals surface area contributed by atoms with Crippen molar-refractivity contribution in [3.63, 3.8) is 0 Å². The van der Waals surface area contributed by atoms with Crippen molar-refractivity contribution in [3.05, 3.63) is 35.4 Å². The van der Waals surface area contributed by atoms with E-state index in [1.807, 2.05) is 27.7 Å². The topological polar surface area (TPSA) is 77.4 Å². The van der Waals surface area contributed by atoms with Gasteiger partial charge < -0.3 is 29.2 Å². The van der Waals surface area contributed by atoms with Crippen LogP contribution in [-0.2, 0) is 6.42 Å². The molecule has 2 rings (SSSR count). The molecule has 0 unspecified atom stereocenters. The quantitative estimate of drug-likeness (QED) is 0.644. The van der Waals surface area contributed by atoms with Crippen molar-refractivity contribution in [2.45, 2.75) is 34.1 Å². The van der Waals surface area contributed by atoms with Gasteiger partial charge in [-0.25, -0.2) is 0 Å². The highest BCUT2D eigenvalue weighted by atomic mass is 16.5. The van der Waals surface area contributed by atoms with Crippen LogP contribution in [0.2, 0.25) is 0 Å². The van der Waals surface area contributed by atoms with Crippen molar-refractivity contribution in [1.82, 2.24) is 0 Å². The molecule has 2 aromatic carbocycles. The van der Waals surface area contributed by atoms with Crippen LogP contribution in [0.25, 0.3) is 0 Å². The third-order valence-corrected chi connectivity index (χ3v) is 3.88. The molecule has 0 aliphatic heterocycles. The fourth-order valence-electron chi connectivity index (χ4n) is 2.84. The lowest BCUT2D eigenvalue weighted by Crippen LogP contribution is -2.05. The first-order valence-electron chi connectivity index (χ1n) is 9.28.